The van der Waals surface area contributed by atoms with E-state index in [1.807, 2.05) is 13.0 Å². The quantitative estimate of drug-likeness (QED) is 0.576. The Morgan fingerprint density at radius 1 is 1.08 bits per heavy atom. The zero-order chi connectivity index (χ0) is 19.4. The number of esters is 2. The number of carbonyl (C=O) groups is 3. The van der Waals surface area contributed by atoms with E-state index < -0.39 is 20.0 Å². The van der Waals surface area contributed by atoms with Gasteiger partial charge in [-0.25, -0.2) is 9.59 Å². The summed E-state index contributed by atoms with van der Waals surface area (Å²) < 4.78 is 10.4. The molecule has 0 aromatic rings. The lowest BCUT2D eigenvalue weighted by atomic mass is 9.84. The molecule has 1 aliphatic rings. The lowest BCUT2D eigenvalue weighted by molar-refractivity contribution is -0.142. The highest BCUT2D eigenvalue weighted by molar-refractivity contribution is 6.84. The summed E-state index contributed by atoms with van der Waals surface area (Å²) in [4.78, 5) is 36.9. The summed E-state index contributed by atoms with van der Waals surface area (Å²) in [5, 5.41) is 3.68. The summed E-state index contributed by atoms with van der Waals surface area (Å²) in [7, 11) is -2.00. The van der Waals surface area contributed by atoms with Gasteiger partial charge in [0, 0.05) is 12.8 Å². The van der Waals surface area contributed by atoms with E-state index in [9.17, 15) is 14.4 Å². The molecule has 25 heavy (non-hydrogen) atoms. The lowest BCUT2D eigenvalue weighted by Gasteiger charge is -2.35. The normalized spacial score (nSPS) is 20.7. The number of hydrogen-bond donors (Lipinski definition) is 1. The predicted molar refractivity (Wildman–Crippen MR) is 98.5 cm³/mol. The first-order valence-corrected chi connectivity index (χ1v) is 12.1. The van der Waals surface area contributed by atoms with Crippen molar-refractivity contribution in [2.45, 2.75) is 53.4 Å². The van der Waals surface area contributed by atoms with Crippen LogP contribution < -0.4 is 5.32 Å². The third kappa shape index (κ3) is 5.04. The van der Waals surface area contributed by atoms with Gasteiger partial charge in [-0.15, -0.1) is 0 Å². The molecule has 0 unspecified atom stereocenters. The van der Waals surface area contributed by atoms with Crippen LogP contribution >= 0.6 is 0 Å². The molecule has 1 rings (SSSR count). The Balaban J connectivity index is 3.61. The number of amides is 1. The van der Waals surface area contributed by atoms with Gasteiger partial charge in [-0.2, -0.15) is 0 Å². The van der Waals surface area contributed by atoms with Gasteiger partial charge in [0.15, 0.2) is 0 Å². The van der Waals surface area contributed by atoms with Crippen LogP contribution in [0.3, 0.4) is 0 Å². The molecule has 1 N–H and O–H groups in total. The summed E-state index contributed by atoms with van der Waals surface area (Å²) in [6.07, 6.45) is 1.91. The van der Waals surface area contributed by atoms with Gasteiger partial charge in [0.2, 0.25) is 5.91 Å². The Morgan fingerprint density at radius 3 is 2.04 bits per heavy atom. The minimum absolute atomic E-state index is 0.189. The molecule has 0 aromatic carbocycles. The van der Waals surface area contributed by atoms with E-state index in [0.717, 1.165) is 5.20 Å². The molecule has 0 bridgehead atoms. The van der Waals surface area contributed by atoms with Crippen LogP contribution in [0.2, 0.25) is 19.6 Å². The number of hydrogen-bond acceptors (Lipinski definition) is 5. The first-order chi connectivity index (χ1) is 11.5. The van der Waals surface area contributed by atoms with E-state index >= 15 is 0 Å². The topological polar surface area (TPSA) is 81.7 Å². The van der Waals surface area contributed by atoms with E-state index in [0.29, 0.717) is 11.1 Å². The SMILES string of the molecule is CCOC(=O)C1=C(C(=O)OCC)[C@H](C)[C@@H](NC(C)=O)C=C1[Si](C)(C)C. The smallest absolute Gasteiger partial charge is 0.338 e. The second kappa shape index (κ2) is 8.47. The van der Waals surface area contributed by atoms with Gasteiger partial charge in [-0.3, -0.25) is 4.79 Å². The van der Waals surface area contributed by atoms with E-state index in [1.54, 1.807) is 13.8 Å². The first-order valence-electron chi connectivity index (χ1n) is 8.62. The van der Waals surface area contributed by atoms with E-state index in [-0.39, 0.29) is 31.1 Å². The Bertz CT molecular complexity index is 615. The third-order valence-electron chi connectivity index (χ3n) is 4.03. The Kier molecular flexibility index (Phi) is 7.16. The third-order valence-corrected chi connectivity index (χ3v) is 6.06. The van der Waals surface area contributed by atoms with Crippen molar-refractivity contribution in [1.29, 1.82) is 0 Å². The molecule has 0 spiro atoms. The maximum Gasteiger partial charge on any atom is 0.338 e. The van der Waals surface area contributed by atoms with Crippen molar-refractivity contribution in [2.24, 2.45) is 5.92 Å². The van der Waals surface area contributed by atoms with Crippen molar-refractivity contribution in [3.63, 3.8) is 0 Å². The minimum atomic E-state index is -2.00. The fourth-order valence-electron chi connectivity index (χ4n) is 2.91. The molecule has 0 radical (unpaired) electrons. The summed E-state index contributed by atoms with van der Waals surface area (Å²) in [5.74, 6) is -1.61. The highest BCUT2D eigenvalue weighted by Crippen LogP contribution is 2.36. The molecule has 0 aliphatic heterocycles. The van der Waals surface area contributed by atoms with Crippen LogP contribution in [-0.4, -0.2) is 45.2 Å². The monoisotopic (exact) mass is 367 g/mol. The summed E-state index contributed by atoms with van der Waals surface area (Å²) >= 11 is 0. The molecular formula is C18H29NO5Si. The molecule has 6 nitrogen and oxygen atoms in total. The molecule has 0 fully saturated rings. The fourth-order valence-corrected chi connectivity index (χ4v) is 4.57. The summed E-state index contributed by atoms with van der Waals surface area (Å²) in [6, 6.07) is -0.364. The standard InChI is InChI=1S/C18H29NO5Si/c1-8-23-17(21)15-11(3)13(19-12(4)20)10-14(25(5,6)7)16(15)18(22)24-9-2/h10-11,13H,8-9H2,1-7H3,(H,19,20)/t11-,13+/m1/s1. The lowest BCUT2D eigenvalue weighted by Crippen LogP contribution is -2.45. The zero-order valence-electron chi connectivity index (χ0n) is 16.2. The number of nitrogens with one attached hydrogen (secondary N) is 1. The zero-order valence-corrected chi connectivity index (χ0v) is 17.2. The van der Waals surface area contributed by atoms with Crippen molar-refractivity contribution in [3.05, 3.63) is 22.4 Å². The molecule has 2 atom stereocenters. The van der Waals surface area contributed by atoms with Crippen LogP contribution in [0.1, 0.15) is 27.7 Å². The molecule has 0 heterocycles. The Morgan fingerprint density at radius 2 is 1.60 bits per heavy atom. The number of rotatable bonds is 6. The number of carbonyl (C=O) groups excluding carboxylic acids is 3. The molecule has 0 aromatic heterocycles. The van der Waals surface area contributed by atoms with Gasteiger partial charge in [-0.05, 0) is 19.0 Å². The second-order valence-corrected chi connectivity index (χ2v) is 12.1. The molecule has 0 saturated heterocycles. The van der Waals surface area contributed by atoms with E-state index in [2.05, 4.69) is 25.0 Å². The highest BCUT2D eigenvalue weighted by Gasteiger charge is 2.41. The van der Waals surface area contributed by atoms with Crippen molar-refractivity contribution in [1.82, 2.24) is 5.32 Å². The average Bonchev–Trinajstić information content (AvgIpc) is 2.47. The number of ether oxygens (including phenoxy) is 2. The van der Waals surface area contributed by atoms with Gasteiger partial charge in [-0.1, -0.05) is 32.6 Å². The molecule has 1 amide bonds. The van der Waals surface area contributed by atoms with Crippen molar-refractivity contribution >= 4 is 25.9 Å². The maximum absolute atomic E-state index is 12.7. The Hall–Kier alpha value is -1.89. The van der Waals surface area contributed by atoms with Crippen LogP contribution in [0, 0.1) is 5.92 Å². The Labute approximate surface area is 150 Å². The first kappa shape index (κ1) is 21.2. The van der Waals surface area contributed by atoms with Crippen LogP contribution in [0.15, 0.2) is 22.4 Å². The van der Waals surface area contributed by atoms with Crippen LogP contribution in [0.25, 0.3) is 0 Å². The van der Waals surface area contributed by atoms with Crippen LogP contribution in [0.4, 0.5) is 0 Å². The highest BCUT2D eigenvalue weighted by atomic mass is 28.3. The second-order valence-electron chi connectivity index (χ2n) is 7.07. The van der Waals surface area contributed by atoms with E-state index in [1.165, 1.54) is 6.92 Å². The van der Waals surface area contributed by atoms with E-state index in [4.69, 9.17) is 9.47 Å². The maximum atomic E-state index is 12.7. The van der Waals surface area contributed by atoms with Gasteiger partial charge in [0.1, 0.15) is 0 Å². The van der Waals surface area contributed by atoms with Crippen LogP contribution in [-0.2, 0) is 23.9 Å². The molecule has 7 heteroatoms. The van der Waals surface area contributed by atoms with Crippen molar-refractivity contribution < 1.29 is 23.9 Å². The minimum Gasteiger partial charge on any atom is -0.463 e. The van der Waals surface area contributed by atoms with Gasteiger partial charge < -0.3 is 14.8 Å². The average molecular weight is 368 g/mol. The largest absolute Gasteiger partial charge is 0.463 e. The summed E-state index contributed by atoms with van der Waals surface area (Å²) in [5.41, 5.74) is 0.604. The van der Waals surface area contributed by atoms with Gasteiger partial charge in [0.05, 0.1) is 38.5 Å². The molecule has 140 valence electrons. The van der Waals surface area contributed by atoms with Crippen molar-refractivity contribution in [3.8, 4) is 0 Å². The summed E-state index contributed by atoms with van der Waals surface area (Å²) in [6.45, 7) is 13.4. The van der Waals surface area contributed by atoms with Crippen molar-refractivity contribution in [2.75, 3.05) is 13.2 Å². The fraction of sp³-hybridized carbons (Fsp3) is 0.611. The van der Waals surface area contributed by atoms with Gasteiger partial charge >= 0.3 is 11.9 Å². The molecule has 0 saturated carbocycles. The molecule has 1 aliphatic carbocycles. The predicted octanol–water partition coefficient (Wildman–Crippen LogP) is 2.37. The van der Waals surface area contributed by atoms with Gasteiger partial charge in [0.25, 0.3) is 0 Å². The van der Waals surface area contributed by atoms with Crippen LogP contribution in [0.5, 0.6) is 0 Å². The molecular weight excluding hydrogens is 338 g/mol.